The van der Waals surface area contributed by atoms with Gasteiger partial charge in [0.25, 0.3) is 0 Å². The average molecular weight is 813 g/mol. The van der Waals surface area contributed by atoms with E-state index in [9.17, 15) is 14.4 Å². The fraction of sp³-hybridized carbons (Fsp3) is 0.788. The van der Waals surface area contributed by atoms with Gasteiger partial charge in [0.05, 0.1) is 0 Å². The molecule has 6 nitrogen and oxygen atoms in total. The van der Waals surface area contributed by atoms with Crippen LogP contribution in [0.25, 0.3) is 0 Å². The minimum Gasteiger partial charge on any atom is -0.462 e. The van der Waals surface area contributed by atoms with Crippen molar-refractivity contribution in [3.8, 4) is 0 Å². The van der Waals surface area contributed by atoms with Gasteiger partial charge in [-0.05, 0) is 57.8 Å². The Morgan fingerprint density at radius 3 is 1.03 bits per heavy atom. The lowest BCUT2D eigenvalue weighted by Gasteiger charge is -2.18. The number of ether oxygens (including phenoxy) is 3. The zero-order valence-electron chi connectivity index (χ0n) is 38.3. The van der Waals surface area contributed by atoms with Gasteiger partial charge in [0.2, 0.25) is 0 Å². The van der Waals surface area contributed by atoms with Crippen molar-refractivity contribution in [3.05, 3.63) is 48.6 Å². The Morgan fingerprint density at radius 2 is 0.638 bits per heavy atom. The van der Waals surface area contributed by atoms with Crippen molar-refractivity contribution in [2.45, 2.75) is 252 Å². The van der Waals surface area contributed by atoms with E-state index in [1.165, 1.54) is 135 Å². The van der Waals surface area contributed by atoms with Gasteiger partial charge in [-0.1, -0.05) is 217 Å². The van der Waals surface area contributed by atoms with Crippen molar-refractivity contribution in [3.63, 3.8) is 0 Å². The second-order valence-corrected chi connectivity index (χ2v) is 16.4. The SMILES string of the molecule is CCCCC/C=C\C/C=C\C/C=C\C/C=C\CCCC(=O)OCC(COC(=O)CCCCCCCCCCCC)OC(=O)CCCCCCCCCCCCCCC. The van der Waals surface area contributed by atoms with Crippen molar-refractivity contribution in [1.82, 2.24) is 0 Å². The first kappa shape index (κ1) is 55.4. The van der Waals surface area contributed by atoms with Crippen LogP contribution in [0.3, 0.4) is 0 Å². The van der Waals surface area contributed by atoms with Crippen LogP contribution >= 0.6 is 0 Å². The molecule has 336 valence electrons. The van der Waals surface area contributed by atoms with E-state index in [1.54, 1.807) is 0 Å². The van der Waals surface area contributed by atoms with Gasteiger partial charge in [0.15, 0.2) is 6.10 Å². The zero-order chi connectivity index (χ0) is 42.3. The van der Waals surface area contributed by atoms with Crippen LogP contribution in [-0.2, 0) is 28.6 Å². The van der Waals surface area contributed by atoms with Gasteiger partial charge >= 0.3 is 17.9 Å². The molecule has 0 aliphatic rings. The maximum absolute atomic E-state index is 12.7. The quantitative estimate of drug-likeness (QED) is 0.0264. The molecule has 0 rings (SSSR count). The monoisotopic (exact) mass is 813 g/mol. The lowest BCUT2D eigenvalue weighted by atomic mass is 10.0. The predicted molar refractivity (Wildman–Crippen MR) is 247 cm³/mol. The first-order valence-electron chi connectivity index (χ1n) is 24.6. The Hall–Kier alpha value is -2.63. The largest absolute Gasteiger partial charge is 0.462 e. The molecule has 0 spiro atoms. The summed E-state index contributed by atoms with van der Waals surface area (Å²) in [7, 11) is 0. The molecule has 0 aromatic heterocycles. The summed E-state index contributed by atoms with van der Waals surface area (Å²) < 4.78 is 16.7. The Balaban J connectivity index is 4.43. The van der Waals surface area contributed by atoms with Gasteiger partial charge < -0.3 is 14.2 Å². The highest BCUT2D eigenvalue weighted by atomic mass is 16.6. The Bertz CT molecular complexity index is 1030. The van der Waals surface area contributed by atoms with Crippen LogP contribution in [0.4, 0.5) is 0 Å². The van der Waals surface area contributed by atoms with E-state index in [0.29, 0.717) is 19.3 Å². The molecule has 58 heavy (non-hydrogen) atoms. The smallest absolute Gasteiger partial charge is 0.306 e. The van der Waals surface area contributed by atoms with Crippen LogP contribution in [0.2, 0.25) is 0 Å². The Morgan fingerprint density at radius 1 is 0.345 bits per heavy atom. The van der Waals surface area contributed by atoms with Crippen molar-refractivity contribution < 1.29 is 28.6 Å². The summed E-state index contributed by atoms with van der Waals surface area (Å²) >= 11 is 0. The molecule has 6 heteroatoms. The fourth-order valence-corrected chi connectivity index (χ4v) is 6.85. The third-order valence-corrected chi connectivity index (χ3v) is 10.6. The molecular weight excluding hydrogens is 721 g/mol. The zero-order valence-corrected chi connectivity index (χ0v) is 38.3. The van der Waals surface area contributed by atoms with Gasteiger partial charge in [0.1, 0.15) is 13.2 Å². The number of hydrogen-bond donors (Lipinski definition) is 0. The van der Waals surface area contributed by atoms with Gasteiger partial charge in [-0.2, -0.15) is 0 Å². The second-order valence-electron chi connectivity index (χ2n) is 16.4. The molecule has 0 N–H and O–H groups in total. The Labute approximate surface area is 358 Å². The predicted octanol–water partition coefficient (Wildman–Crippen LogP) is 15.9. The van der Waals surface area contributed by atoms with E-state index in [0.717, 1.165) is 64.2 Å². The molecule has 0 radical (unpaired) electrons. The minimum atomic E-state index is -0.788. The lowest BCUT2D eigenvalue weighted by Crippen LogP contribution is -2.30. The van der Waals surface area contributed by atoms with Crippen LogP contribution in [0.1, 0.15) is 245 Å². The van der Waals surface area contributed by atoms with Crippen LogP contribution < -0.4 is 0 Å². The topological polar surface area (TPSA) is 78.9 Å². The summed E-state index contributed by atoms with van der Waals surface area (Å²) in [5.74, 6) is -0.942. The van der Waals surface area contributed by atoms with Crippen LogP contribution in [-0.4, -0.2) is 37.2 Å². The lowest BCUT2D eigenvalue weighted by molar-refractivity contribution is -0.167. The van der Waals surface area contributed by atoms with E-state index >= 15 is 0 Å². The third-order valence-electron chi connectivity index (χ3n) is 10.6. The number of carbonyl (C=O) groups excluding carboxylic acids is 3. The van der Waals surface area contributed by atoms with E-state index < -0.39 is 6.10 Å². The highest BCUT2D eigenvalue weighted by molar-refractivity contribution is 5.71. The van der Waals surface area contributed by atoms with Gasteiger partial charge in [-0.25, -0.2) is 0 Å². The van der Waals surface area contributed by atoms with Gasteiger partial charge in [-0.3, -0.25) is 14.4 Å². The minimum absolute atomic E-state index is 0.0869. The van der Waals surface area contributed by atoms with Crippen LogP contribution in [0.15, 0.2) is 48.6 Å². The number of esters is 3. The summed E-state index contributed by atoms with van der Waals surface area (Å²) in [5, 5.41) is 0. The summed E-state index contributed by atoms with van der Waals surface area (Å²) in [6, 6.07) is 0. The van der Waals surface area contributed by atoms with Crippen LogP contribution in [0.5, 0.6) is 0 Å². The molecular formula is C52H92O6. The fourth-order valence-electron chi connectivity index (χ4n) is 6.85. The van der Waals surface area contributed by atoms with E-state index in [4.69, 9.17) is 14.2 Å². The van der Waals surface area contributed by atoms with E-state index in [1.807, 2.05) is 0 Å². The van der Waals surface area contributed by atoms with E-state index in [-0.39, 0.29) is 37.5 Å². The highest BCUT2D eigenvalue weighted by Crippen LogP contribution is 2.15. The molecule has 0 fully saturated rings. The molecule has 0 saturated carbocycles. The van der Waals surface area contributed by atoms with E-state index in [2.05, 4.69) is 69.4 Å². The third kappa shape index (κ3) is 44.5. The van der Waals surface area contributed by atoms with Gasteiger partial charge in [0, 0.05) is 19.3 Å². The van der Waals surface area contributed by atoms with Crippen molar-refractivity contribution in [2.24, 2.45) is 0 Å². The maximum Gasteiger partial charge on any atom is 0.306 e. The molecule has 1 unspecified atom stereocenters. The summed E-state index contributed by atoms with van der Waals surface area (Å²) in [6.07, 6.45) is 55.2. The molecule has 0 bridgehead atoms. The number of unbranched alkanes of at least 4 members (excludes halogenated alkanes) is 25. The molecule has 0 aromatic rings. The number of hydrogen-bond acceptors (Lipinski definition) is 6. The van der Waals surface area contributed by atoms with Crippen molar-refractivity contribution >= 4 is 17.9 Å². The van der Waals surface area contributed by atoms with Crippen LogP contribution in [0, 0.1) is 0 Å². The molecule has 0 heterocycles. The second kappa shape index (κ2) is 47.1. The van der Waals surface area contributed by atoms with Crippen molar-refractivity contribution in [1.29, 1.82) is 0 Å². The normalized spacial score (nSPS) is 12.4. The molecule has 0 saturated heterocycles. The standard InChI is InChI=1S/C52H92O6/c1-4-7-10-13-16-19-22-24-25-26-27-29-30-33-36-39-42-45-51(54)57-48-49(47-56-50(53)44-41-38-35-32-21-18-15-12-9-6-3)58-52(55)46-43-40-37-34-31-28-23-20-17-14-11-8-5-2/h16,19,24-25,27,29,33,36,49H,4-15,17-18,20-23,26,28,30-32,34-35,37-48H2,1-3H3/b19-16-,25-24-,29-27-,36-33-. The van der Waals surface area contributed by atoms with Gasteiger partial charge in [-0.15, -0.1) is 0 Å². The summed E-state index contributed by atoms with van der Waals surface area (Å²) in [5.41, 5.74) is 0. The number of carbonyl (C=O) groups is 3. The number of rotatable bonds is 44. The van der Waals surface area contributed by atoms with Crippen molar-refractivity contribution in [2.75, 3.05) is 13.2 Å². The molecule has 0 aliphatic heterocycles. The summed E-state index contributed by atoms with van der Waals surface area (Å²) in [6.45, 7) is 6.55. The average Bonchev–Trinajstić information content (AvgIpc) is 3.22. The molecule has 0 aromatic carbocycles. The molecule has 0 aliphatic carbocycles. The first-order chi connectivity index (χ1) is 28.5. The Kier molecular flexibility index (Phi) is 44.9. The molecule has 0 amide bonds. The number of allylic oxidation sites excluding steroid dienone is 8. The summed E-state index contributed by atoms with van der Waals surface area (Å²) in [4.78, 5) is 37.8. The highest BCUT2D eigenvalue weighted by Gasteiger charge is 2.19. The molecule has 1 atom stereocenters. The maximum atomic E-state index is 12.7. The first-order valence-corrected chi connectivity index (χ1v) is 24.6.